The van der Waals surface area contributed by atoms with Gasteiger partial charge in [0.2, 0.25) is 0 Å². The first kappa shape index (κ1) is 9.88. The van der Waals surface area contributed by atoms with Crippen molar-refractivity contribution in [2.45, 2.75) is 0 Å². The maximum Gasteiger partial charge on any atom is 0.0341 e. The molecule has 0 aliphatic rings. The third-order valence-corrected chi connectivity index (χ3v) is 0. The molecule has 1 nitrogen and oxygen atoms in total. The van der Waals surface area contributed by atoms with Gasteiger partial charge in [0.25, 0.3) is 0 Å². The summed E-state index contributed by atoms with van der Waals surface area (Å²) in [7, 11) is 10.5. The molecular formula is C3H9BrClN. The lowest BCUT2D eigenvalue weighted by Gasteiger charge is -1.90. The van der Waals surface area contributed by atoms with Gasteiger partial charge in [-0.25, -0.2) is 0 Å². The summed E-state index contributed by atoms with van der Waals surface area (Å²) in [6, 6.07) is 0. The van der Waals surface area contributed by atoms with E-state index in [-0.39, 0.29) is 0 Å². The van der Waals surface area contributed by atoms with E-state index in [1.54, 1.807) is 0 Å². The Morgan fingerprint density at radius 2 is 1.17 bits per heavy atom. The van der Waals surface area contributed by atoms with Crippen LogP contribution in [0, 0.1) is 0 Å². The van der Waals surface area contributed by atoms with Gasteiger partial charge in [0.1, 0.15) is 0 Å². The van der Waals surface area contributed by atoms with Crippen molar-refractivity contribution in [2.75, 3.05) is 21.1 Å². The van der Waals surface area contributed by atoms with Crippen LogP contribution >= 0.6 is 25.1 Å². The van der Waals surface area contributed by atoms with Crippen LogP contribution in [0.4, 0.5) is 0 Å². The van der Waals surface area contributed by atoms with Gasteiger partial charge >= 0.3 is 0 Å². The predicted octanol–water partition coefficient (Wildman–Crippen LogP) is 1.71. The van der Waals surface area contributed by atoms with Crippen LogP contribution in [0.25, 0.3) is 0 Å². The summed E-state index contributed by atoms with van der Waals surface area (Å²) in [6.07, 6.45) is 0. The number of hydrogen-bond acceptors (Lipinski definition) is 1. The van der Waals surface area contributed by atoms with E-state index in [2.05, 4.69) is 25.1 Å². The van der Waals surface area contributed by atoms with Gasteiger partial charge in [-0.2, -0.15) is 0 Å². The van der Waals surface area contributed by atoms with E-state index >= 15 is 0 Å². The first-order valence-electron chi connectivity index (χ1n) is 1.48. The molecule has 0 unspecified atom stereocenters. The molecule has 0 aromatic carbocycles. The summed E-state index contributed by atoms with van der Waals surface area (Å²) in [6.45, 7) is 0. The second-order valence-electron chi connectivity index (χ2n) is 1.34. The summed E-state index contributed by atoms with van der Waals surface area (Å²) in [5.41, 5.74) is 0. The van der Waals surface area contributed by atoms with Gasteiger partial charge in [0.15, 0.2) is 0 Å². The van der Waals surface area contributed by atoms with Crippen molar-refractivity contribution in [2.24, 2.45) is 0 Å². The average Bonchev–Trinajstić information content (AvgIpc) is 1.41. The van der Waals surface area contributed by atoms with E-state index in [0.29, 0.717) is 0 Å². The zero-order chi connectivity index (χ0) is 5.58. The number of nitrogens with zero attached hydrogens (tertiary/aromatic N) is 1. The van der Waals surface area contributed by atoms with Gasteiger partial charge in [-0.05, 0) is 31.3 Å². The molecule has 40 valence electrons. The molecule has 0 amide bonds. The molecule has 0 spiro atoms. The second kappa shape index (κ2) is 9.21. The molecule has 0 saturated carbocycles. The normalized spacial score (nSPS) is 7.00. The fourth-order valence-electron chi connectivity index (χ4n) is 0. The summed E-state index contributed by atoms with van der Waals surface area (Å²) < 4.78 is 0. The Labute approximate surface area is 51.6 Å². The van der Waals surface area contributed by atoms with Crippen LogP contribution in [0.5, 0.6) is 0 Å². The number of halogens is 2. The van der Waals surface area contributed by atoms with E-state index in [4.69, 9.17) is 0 Å². The van der Waals surface area contributed by atoms with Crippen LogP contribution in [0.1, 0.15) is 0 Å². The molecule has 0 fully saturated rings. The Morgan fingerprint density at radius 1 is 1.17 bits per heavy atom. The highest BCUT2D eigenvalue weighted by molar-refractivity contribution is 9.22. The van der Waals surface area contributed by atoms with Crippen LogP contribution in [0.15, 0.2) is 0 Å². The largest absolute Gasteiger partial charge is 0.312 e. The van der Waals surface area contributed by atoms with Crippen LogP contribution in [0.2, 0.25) is 0 Å². The maximum absolute atomic E-state index is 4.45. The molecule has 0 bridgehead atoms. The molecule has 3 heteroatoms. The molecule has 0 rings (SSSR count). The summed E-state index contributed by atoms with van der Waals surface area (Å²) in [5.74, 6) is 0. The highest BCUT2D eigenvalue weighted by Gasteiger charge is 1.58. The quantitative estimate of drug-likeness (QED) is 0.540. The van der Waals surface area contributed by atoms with Crippen molar-refractivity contribution >= 4 is 25.1 Å². The molecule has 0 aromatic rings. The predicted molar refractivity (Wildman–Crippen MR) is 34.4 cm³/mol. The van der Waals surface area contributed by atoms with Gasteiger partial charge in [0.05, 0.1) is 0 Å². The molecule has 0 aliphatic heterocycles. The van der Waals surface area contributed by atoms with Crippen molar-refractivity contribution in [1.82, 2.24) is 4.90 Å². The third-order valence-electron chi connectivity index (χ3n) is 0. The van der Waals surface area contributed by atoms with E-state index in [9.17, 15) is 0 Å². The average molecular weight is 174 g/mol. The molecule has 0 radical (unpaired) electrons. The van der Waals surface area contributed by atoms with Crippen molar-refractivity contribution in [3.63, 3.8) is 0 Å². The molecule has 0 N–H and O–H groups in total. The van der Waals surface area contributed by atoms with Crippen LogP contribution in [-0.2, 0) is 0 Å². The standard InChI is InChI=1S/C3H9N.BrCl/c1-4(2)3;1-2/h1-3H3;. The third kappa shape index (κ3) is 123. The maximum atomic E-state index is 4.45. The van der Waals surface area contributed by atoms with Gasteiger partial charge < -0.3 is 4.90 Å². The Balaban J connectivity index is 0. The minimum absolute atomic E-state index is 2.00. The minimum atomic E-state index is 2.00. The Kier molecular flexibility index (Phi) is 15.2. The molecule has 0 saturated heterocycles. The highest BCUT2D eigenvalue weighted by Crippen LogP contribution is 1.77. The zero-order valence-electron chi connectivity index (χ0n) is 4.20. The van der Waals surface area contributed by atoms with Gasteiger partial charge in [-0.3, -0.25) is 0 Å². The lowest BCUT2D eigenvalue weighted by molar-refractivity contribution is 0.505. The topological polar surface area (TPSA) is 3.24 Å². The lowest BCUT2D eigenvalue weighted by Crippen LogP contribution is -1.99. The molecular weight excluding hydrogens is 165 g/mol. The second-order valence-corrected chi connectivity index (χ2v) is 1.34. The van der Waals surface area contributed by atoms with Crippen molar-refractivity contribution in [1.29, 1.82) is 0 Å². The number of rotatable bonds is 0. The van der Waals surface area contributed by atoms with Crippen molar-refractivity contribution in [3.8, 4) is 0 Å². The van der Waals surface area contributed by atoms with Gasteiger partial charge in [-0.15, -0.1) is 0 Å². The Bertz CT molecular complexity index is 15.5. The molecule has 6 heavy (non-hydrogen) atoms. The molecule has 0 atom stereocenters. The fraction of sp³-hybridized carbons (Fsp3) is 1.00. The number of hydrogen-bond donors (Lipinski definition) is 0. The van der Waals surface area contributed by atoms with E-state index in [1.165, 1.54) is 0 Å². The first-order valence-corrected chi connectivity index (χ1v) is 3.57. The van der Waals surface area contributed by atoms with Crippen molar-refractivity contribution in [3.05, 3.63) is 0 Å². The van der Waals surface area contributed by atoms with E-state index in [0.717, 1.165) is 0 Å². The highest BCUT2D eigenvalue weighted by atomic mass is 79.9. The first-order chi connectivity index (χ1) is 2.73. The Hall–Kier alpha value is 0.730. The van der Waals surface area contributed by atoms with E-state index in [1.807, 2.05) is 26.0 Å². The van der Waals surface area contributed by atoms with Crippen LogP contribution in [0.3, 0.4) is 0 Å². The minimum Gasteiger partial charge on any atom is -0.312 e. The van der Waals surface area contributed by atoms with Crippen molar-refractivity contribution < 1.29 is 0 Å². The van der Waals surface area contributed by atoms with Crippen LogP contribution < -0.4 is 0 Å². The summed E-state index contributed by atoms with van der Waals surface area (Å²) in [5, 5.41) is 0. The molecule has 0 aliphatic carbocycles. The SMILES string of the molecule is CN(C)C.ClBr. The van der Waals surface area contributed by atoms with Crippen LogP contribution in [-0.4, -0.2) is 26.0 Å². The van der Waals surface area contributed by atoms with E-state index < -0.39 is 0 Å². The molecule has 0 heterocycles. The summed E-state index contributed by atoms with van der Waals surface area (Å²) in [4.78, 5) is 2.00. The zero-order valence-corrected chi connectivity index (χ0v) is 6.55. The molecule has 0 aromatic heterocycles. The Morgan fingerprint density at radius 3 is 1.17 bits per heavy atom. The lowest BCUT2D eigenvalue weighted by atomic mass is 11.0. The van der Waals surface area contributed by atoms with Gasteiger partial charge in [0, 0.05) is 15.0 Å². The monoisotopic (exact) mass is 173 g/mol. The summed E-state index contributed by atoms with van der Waals surface area (Å²) >= 11 is 2.41. The smallest absolute Gasteiger partial charge is 0.0341 e. The fourth-order valence-corrected chi connectivity index (χ4v) is 0. The van der Waals surface area contributed by atoms with Gasteiger partial charge in [-0.1, -0.05) is 0 Å².